The van der Waals surface area contributed by atoms with E-state index in [4.69, 9.17) is 23.2 Å². The van der Waals surface area contributed by atoms with E-state index in [1.807, 2.05) is 30.3 Å². The number of nitrogens with zero attached hydrogens (tertiary/aromatic N) is 1. The molecule has 0 aromatic heterocycles. The van der Waals surface area contributed by atoms with Gasteiger partial charge in [0.1, 0.15) is 0 Å². The molecule has 130 valence electrons. The first-order valence-electron chi connectivity index (χ1n) is 8.13. The van der Waals surface area contributed by atoms with Crippen LogP contribution in [0.5, 0.6) is 0 Å². The number of aryl methyl sites for hydroxylation is 1. The van der Waals surface area contributed by atoms with Gasteiger partial charge in [0.2, 0.25) is 11.8 Å². The van der Waals surface area contributed by atoms with Crippen molar-refractivity contribution in [3.63, 3.8) is 0 Å². The zero-order chi connectivity index (χ0) is 17.8. The largest absolute Gasteiger partial charge is 0.347 e. The van der Waals surface area contributed by atoms with Crippen molar-refractivity contribution in [3.8, 4) is 0 Å². The quantitative estimate of drug-likeness (QED) is 0.865. The molecule has 25 heavy (non-hydrogen) atoms. The SMILES string of the molecule is O=C(CCc1ccc(Cl)c(Cl)c1)NCC(=O)N1CCc2ccccc21. The minimum atomic E-state index is -0.160. The molecule has 0 radical (unpaired) electrons. The number of halogens is 2. The zero-order valence-corrected chi connectivity index (χ0v) is 15.1. The minimum Gasteiger partial charge on any atom is -0.347 e. The molecule has 2 amide bonds. The third-order valence-corrected chi connectivity index (χ3v) is 4.99. The number of anilines is 1. The first kappa shape index (κ1) is 17.8. The monoisotopic (exact) mass is 376 g/mol. The minimum absolute atomic E-state index is 0.00847. The number of rotatable bonds is 5. The zero-order valence-electron chi connectivity index (χ0n) is 13.6. The number of para-hydroxylation sites is 1. The lowest BCUT2D eigenvalue weighted by Crippen LogP contribution is -2.39. The summed E-state index contributed by atoms with van der Waals surface area (Å²) in [7, 11) is 0. The van der Waals surface area contributed by atoms with Gasteiger partial charge in [-0.3, -0.25) is 9.59 Å². The molecule has 1 N–H and O–H groups in total. The highest BCUT2D eigenvalue weighted by atomic mass is 35.5. The predicted molar refractivity (Wildman–Crippen MR) is 100 cm³/mol. The molecular formula is C19H18Cl2N2O2. The van der Waals surface area contributed by atoms with Crippen LogP contribution in [0.15, 0.2) is 42.5 Å². The number of hydrogen-bond acceptors (Lipinski definition) is 2. The molecule has 2 aromatic rings. The van der Waals surface area contributed by atoms with E-state index >= 15 is 0 Å². The average Bonchev–Trinajstić information content (AvgIpc) is 3.05. The number of carbonyl (C=O) groups excluding carboxylic acids is 2. The number of nitrogens with one attached hydrogen (secondary N) is 1. The van der Waals surface area contributed by atoms with Crippen molar-refractivity contribution in [3.05, 3.63) is 63.6 Å². The van der Waals surface area contributed by atoms with Crippen LogP contribution >= 0.6 is 23.2 Å². The first-order valence-corrected chi connectivity index (χ1v) is 8.89. The van der Waals surface area contributed by atoms with Gasteiger partial charge in [0.25, 0.3) is 0 Å². The highest BCUT2D eigenvalue weighted by Gasteiger charge is 2.23. The van der Waals surface area contributed by atoms with Gasteiger partial charge < -0.3 is 10.2 Å². The summed E-state index contributed by atoms with van der Waals surface area (Å²) in [6, 6.07) is 13.2. The smallest absolute Gasteiger partial charge is 0.246 e. The fourth-order valence-corrected chi connectivity index (χ4v) is 3.23. The predicted octanol–water partition coefficient (Wildman–Crippen LogP) is 3.63. The van der Waals surface area contributed by atoms with Crippen molar-refractivity contribution in [2.75, 3.05) is 18.0 Å². The van der Waals surface area contributed by atoms with Crippen molar-refractivity contribution in [1.29, 1.82) is 0 Å². The molecular weight excluding hydrogens is 359 g/mol. The van der Waals surface area contributed by atoms with E-state index in [-0.39, 0.29) is 18.4 Å². The Morgan fingerprint density at radius 1 is 1.08 bits per heavy atom. The van der Waals surface area contributed by atoms with Crippen LogP contribution in [-0.4, -0.2) is 24.9 Å². The fourth-order valence-electron chi connectivity index (χ4n) is 2.91. The number of benzene rings is 2. The van der Waals surface area contributed by atoms with Gasteiger partial charge in [-0.2, -0.15) is 0 Å². The Morgan fingerprint density at radius 3 is 2.68 bits per heavy atom. The van der Waals surface area contributed by atoms with Gasteiger partial charge in [-0.1, -0.05) is 47.5 Å². The summed E-state index contributed by atoms with van der Waals surface area (Å²) in [5.41, 5.74) is 3.05. The molecule has 6 heteroatoms. The Kier molecular flexibility index (Phi) is 5.61. The van der Waals surface area contributed by atoms with E-state index in [2.05, 4.69) is 5.32 Å². The molecule has 0 unspecified atom stereocenters. The average molecular weight is 377 g/mol. The van der Waals surface area contributed by atoms with E-state index in [1.165, 1.54) is 5.56 Å². The maximum Gasteiger partial charge on any atom is 0.246 e. The lowest BCUT2D eigenvalue weighted by Gasteiger charge is -2.17. The van der Waals surface area contributed by atoms with E-state index in [0.717, 1.165) is 17.7 Å². The van der Waals surface area contributed by atoms with Gasteiger partial charge in [0, 0.05) is 18.7 Å². The molecule has 0 saturated heterocycles. The third kappa shape index (κ3) is 4.33. The third-order valence-electron chi connectivity index (χ3n) is 4.25. The van der Waals surface area contributed by atoms with Crippen LogP contribution in [0, 0.1) is 0 Å². The molecule has 0 atom stereocenters. The lowest BCUT2D eigenvalue weighted by molar-refractivity contribution is -0.124. The summed E-state index contributed by atoms with van der Waals surface area (Å²) in [5, 5.41) is 3.66. The second-order valence-corrected chi connectivity index (χ2v) is 6.76. The van der Waals surface area contributed by atoms with Crippen LogP contribution in [0.2, 0.25) is 10.0 Å². The number of carbonyl (C=O) groups is 2. The topological polar surface area (TPSA) is 49.4 Å². The molecule has 0 spiro atoms. The molecule has 3 rings (SSSR count). The summed E-state index contributed by atoms with van der Waals surface area (Å²) in [4.78, 5) is 26.1. The van der Waals surface area contributed by atoms with Crippen LogP contribution in [-0.2, 0) is 22.4 Å². The van der Waals surface area contributed by atoms with Gasteiger partial charge in [0.15, 0.2) is 0 Å². The van der Waals surface area contributed by atoms with E-state index < -0.39 is 0 Å². The van der Waals surface area contributed by atoms with Crippen LogP contribution in [0.4, 0.5) is 5.69 Å². The molecule has 0 saturated carbocycles. The van der Waals surface area contributed by atoms with Crippen LogP contribution in [0.1, 0.15) is 17.5 Å². The summed E-state index contributed by atoms with van der Waals surface area (Å²) < 4.78 is 0. The van der Waals surface area contributed by atoms with Crippen LogP contribution in [0.3, 0.4) is 0 Å². The second kappa shape index (κ2) is 7.89. The molecule has 1 aliphatic rings. The first-order chi connectivity index (χ1) is 12.0. The van der Waals surface area contributed by atoms with E-state index in [0.29, 0.717) is 29.4 Å². The van der Waals surface area contributed by atoms with Gasteiger partial charge in [-0.05, 0) is 42.2 Å². The molecule has 0 fully saturated rings. The Labute approximate surface area is 156 Å². The van der Waals surface area contributed by atoms with Gasteiger partial charge in [-0.25, -0.2) is 0 Å². The highest BCUT2D eigenvalue weighted by Crippen LogP contribution is 2.27. The number of hydrogen-bond donors (Lipinski definition) is 1. The Hall–Kier alpha value is -2.04. The summed E-state index contributed by atoms with van der Waals surface area (Å²) in [6.07, 6.45) is 1.69. The highest BCUT2D eigenvalue weighted by molar-refractivity contribution is 6.42. The molecule has 1 heterocycles. The van der Waals surface area contributed by atoms with Crippen LogP contribution in [0.25, 0.3) is 0 Å². The molecule has 2 aromatic carbocycles. The van der Waals surface area contributed by atoms with Crippen LogP contribution < -0.4 is 10.2 Å². The fraction of sp³-hybridized carbons (Fsp3) is 0.263. The van der Waals surface area contributed by atoms with Crippen molar-refractivity contribution >= 4 is 40.7 Å². The molecule has 1 aliphatic heterocycles. The molecule has 0 aliphatic carbocycles. The number of amides is 2. The van der Waals surface area contributed by atoms with Gasteiger partial charge >= 0.3 is 0 Å². The Balaban J connectivity index is 1.48. The summed E-state index contributed by atoms with van der Waals surface area (Å²) in [5.74, 6) is -0.250. The van der Waals surface area contributed by atoms with Crippen molar-refractivity contribution in [1.82, 2.24) is 5.32 Å². The van der Waals surface area contributed by atoms with E-state index in [1.54, 1.807) is 17.0 Å². The molecule has 4 nitrogen and oxygen atoms in total. The Bertz CT molecular complexity index is 808. The second-order valence-electron chi connectivity index (χ2n) is 5.95. The van der Waals surface area contributed by atoms with Crippen molar-refractivity contribution in [2.24, 2.45) is 0 Å². The van der Waals surface area contributed by atoms with Gasteiger partial charge in [-0.15, -0.1) is 0 Å². The maximum absolute atomic E-state index is 12.3. The maximum atomic E-state index is 12.3. The van der Waals surface area contributed by atoms with Crippen molar-refractivity contribution in [2.45, 2.75) is 19.3 Å². The standard InChI is InChI=1S/C19H18Cl2N2O2/c20-15-7-5-13(11-16(15)21)6-8-18(24)22-12-19(25)23-10-9-14-3-1-2-4-17(14)23/h1-5,7,11H,6,8-10,12H2,(H,22,24). The number of fused-ring (bicyclic) bond motifs is 1. The Morgan fingerprint density at radius 2 is 1.88 bits per heavy atom. The van der Waals surface area contributed by atoms with E-state index in [9.17, 15) is 9.59 Å². The summed E-state index contributed by atoms with van der Waals surface area (Å²) >= 11 is 11.8. The van der Waals surface area contributed by atoms with Gasteiger partial charge in [0.05, 0.1) is 16.6 Å². The summed E-state index contributed by atoms with van der Waals surface area (Å²) in [6.45, 7) is 0.672. The normalized spacial score (nSPS) is 12.8. The molecule has 0 bridgehead atoms. The lowest BCUT2D eigenvalue weighted by atomic mass is 10.1. The van der Waals surface area contributed by atoms with Crippen molar-refractivity contribution < 1.29 is 9.59 Å².